The average molecular weight is 414 g/mol. The Labute approximate surface area is 171 Å². The summed E-state index contributed by atoms with van der Waals surface area (Å²) in [6.07, 6.45) is 6.81. The molecule has 0 radical (unpaired) electrons. The Kier molecular flexibility index (Phi) is 10.1. The molecule has 0 saturated carbocycles. The van der Waals surface area contributed by atoms with Gasteiger partial charge in [-0.05, 0) is 30.4 Å². The second kappa shape index (κ2) is 11.5. The maximum atomic E-state index is 12.5. The first-order valence-corrected chi connectivity index (χ1v) is 10.8. The molecule has 1 amide bonds. The van der Waals surface area contributed by atoms with E-state index in [0.717, 1.165) is 38.0 Å². The molecule has 8 heteroatoms. The highest BCUT2D eigenvalue weighted by Crippen LogP contribution is 2.35. The molecule has 1 saturated heterocycles. The summed E-state index contributed by atoms with van der Waals surface area (Å²) in [5.41, 5.74) is 0.682. The van der Waals surface area contributed by atoms with Gasteiger partial charge in [-0.1, -0.05) is 52.5 Å². The number of hydroxylamine groups is 1. The Morgan fingerprint density at radius 2 is 2.14 bits per heavy atom. The molecular formula is C20H35N3O4S. The number of nitrogens with zero attached hydrogens (tertiary/aromatic N) is 2. The molecule has 2 atom stereocenters. The lowest BCUT2D eigenvalue weighted by atomic mass is 9.81. The number of nitrogens with one attached hydrogen (secondary N) is 1. The summed E-state index contributed by atoms with van der Waals surface area (Å²) in [6.45, 7) is 15.1. The van der Waals surface area contributed by atoms with Crippen molar-refractivity contribution in [3.63, 3.8) is 0 Å². The molecule has 7 nitrogen and oxygen atoms in total. The second-order valence-electron chi connectivity index (χ2n) is 7.43. The van der Waals surface area contributed by atoms with Gasteiger partial charge in [-0.3, -0.25) is 4.90 Å². The van der Waals surface area contributed by atoms with E-state index < -0.39 is 11.0 Å². The number of carbonyl (C=O) groups excluding carboxylic acids is 1. The largest absolute Gasteiger partial charge is 0.444 e. The first-order valence-electron chi connectivity index (χ1n) is 9.71. The Morgan fingerprint density at radius 3 is 2.61 bits per heavy atom. The number of rotatable bonds is 12. The summed E-state index contributed by atoms with van der Waals surface area (Å²) in [5.74, 6) is 0. The van der Waals surface area contributed by atoms with Gasteiger partial charge in [-0.15, -0.1) is 4.47 Å². The maximum absolute atomic E-state index is 12.5. The molecule has 0 aromatic rings. The van der Waals surface area contributed by atoms with E-state index in [0.29, 0.717) is 15.9 Å². The molecule has 1 aliphatic heterocycles. The van der Waals surface area contributed by atoms with Crippen LogP contribution in [0.2, 0.25) is 0 Å². The number of allylic oxidation sites excluding steroid dienone is 3. The van der Waals surface area contributed by atoms with E-state index in [1.807, 2.05) is 12.2 Å². The molecule has 0 aromatic carbocycles. The fraction of sp³-hybridized carbons (Fsp3) is 0.650. The number of carbonyl (C=O) groups is 1. The van der Waals surface area contributed by atoms with Gasteiger partial charge >= 0.3 is 6.09 Å². The fourth-order valence-electron chi connectivity index (χ4n) is 2.87. The highest BCUT2D eigenvalue weighted by molar-refractivity contribution is 7.86. The highest BCUT2D eigenvalue weighted by Gasteiger charge is 2.26. The zero-order valence-electron chi connectivity index (χ0n) is 17.7. The lowest BCUT2D eigenvalue weighted by Gasteiger charge is -2.27. The Morgan fingerprint density at radius 1 is 1.46 bits per heavy atom. The van der Waals surface area contributed by atoms with Crippen molar-refractivity contribution in [2.24, 2.45) is 5.41 Å². The van der Waals surface area contributed by atoms with Gasteiger partial charge in [0.05, 0.1) is 11.4 Å². The van der Waals surface area contributed by atoms with Crippen LogP contribution in [0.1, 0.15) is 40.5 Å². The third-order valence-electron chi connectivity index (χ3n) is 5.10. The SMILES string of the molecule is C=C/C(=C(\C=C\CN(CC)CCC1CNC(=O)O1)C(C)(C)CC)S(=O)N(C)O. The summed E-state index contributed by atoms with van der Waals surface area (Å²) in [6, 6.07) is 0. The van der Waals surface area contributed by atoms with Crippen molar-refractivity contribution >= 4 is 17.1 Å². The normalized spacial score (nSPS) is 19.7. The van der Waals surface area contributed by atoms with Crippen LogP contribution >= 0.6 is 0 Å². The van der Waals surface area contributed by atoms with E-state index in [1.54, 1.807) is 6.08 Å². The Balaban J connectivity index is 2.89. The molecule has 1 fully saturated rings. The van der Waals surface area contributed by atoms with E-state index in [2.05, 4.69) is 44.5 Å². The first-order chi connectivity index (χ1) is 13.2. The molecule has 0 aromatic heterocycles. The van der Waals surface area contributed by atoms with E-state index in [-0.39, 0.29) is 17.6 Å². The van der Waals surface area contributed by atoms with E-state index in [1.165, 1.54) is 7.05 Å². The van der Waals surface area contributed by atoms with E-state index >= 15 is 0 Å². The Bertz CT molecular complexity index is 629. The monoisotopic (exact) mass is 413 g/mol. The predicted molar refractivity (Wildman–Crippen MR) is 113 cm³/mol. The highest BCUT2D eigenvalue weighted by atomic mass is 32.2. The average Bonchev–Trinajstić information content (AvgIpc) is 3.08. The quantitative estimate of drug-likeness (QED) is 0.379. The number of hydrogen-bond donors (Lipinski definition) is 2. The van der Waals surface area contributed by atoms with Crippen molar-refractivity contribution in [1.29, 1.82) is 0 Å². The molecule has 2 N–H and O–H groups in total. The zero-order chi connectivity index (χ0) is 21.3. The third-order valence-corrected chi connectivity index (χ3v) is 6.35. The summed E-state index contributed by atoms with van der Waals surface area (Å²) >= 11 is 0. The second-order valence-corrected chi connectivity index (χ2v) is 8.89. The van der Waals surface area contributed by atoms with Crippen molar-refractivity contribution in [1.82, 2.24) is 14.7 Å². The van der Waals surface area contributed by atoms with Gasteiger partial charge in [0.1, 0.15) is 6.10 Å². The first kappa shape index (κ1) is 24.6. The maximum Gasteiger partial charge on any atom is 0.407 e. The van der Waals surface area contributed by atoms with Gasteiger partial charge in [0.25, 0.3) is 0 Å². The zero-order valence-corrected chi connectivity index (χ0v) is 18.6. The summed E-state index contributed by atoms with van der Waals surface area (Å²) in [4.78, 5) is 13.9. The molecule has 1 rings (SSSR count). The molecule has 0 bridgehead atoms. The lowest BCUT2D eigenvalue weighted by molar-refractivity contribution is 0.0390. The van der Waals surface area contributed by atoms with Crippen LogP contribution in [0.15, 0.2) is 35.3 Å². The molecular weight excluding hydrogens is 378 g/mol. The van der Waals surface area contributed by atoms with E-state index in [9.17, 15) is 14.2 Å². The number of alkyl carbamates (subject to hydrolysis) is 1. The van der Waals surface area contributed by atoms with Gasteiger partial charge in [-0.25, -0.2) is 9.00 Å². The van der Waals surface area contributed by atoms with Gasteiger partial charge in [0.2, 0.25) is 0 Å². The number of cyclic esters (lactones) is 1. The van der Waals surface area contributed by atoms with Crippen LogP contribution in [0.4, 0.5) is 4.79 Å². The smallest absolute Gasteiger partial charge is 0.407 e. The van der Waals surface area contributed by atoms with Gasteiger partial charge < -0.3 is 15.3 Å². The van der Waals surface area contributed by atoms with Gasteiger partial charge in [0.15, 0.2) is 11.0 Å². The summed E-state index contributed by atoms with van der Waals surface area (Å²) < 4.78 is 18.4. The molecule has 1 aliphatic rings. The number of hydrogen-bond acceptors (Lipinski definition) is 5. The summed E-state index contributed by atoms with van der Waals surface area (Å²) in [7, 11) is -0.318. The number of amides is 1. The minimum absolute atomic E-state index is 0.0742. The van der Waals surface area contributed by atoms with Crippen molar-refractivity contribution < 1.29 is 18.9 Å². The molecule has 1 heterocycles. The van der Waals surface area contributed by atoms with Gasteiger partial charge in [-0.2, -0.15) is 0 Å². The minimum Gasteiger partial charge on any atom is -0.444 e. The number of ether oxygens (including phenoxy) is 1. The van der Waals surface area contributed by atoms with Crippen LogP contribution in [0.3, 0.4) is 0 Å². The van der Waals surface area contributed by atoms with Crippen LogP contribution < -0.4 is 5.32 Å². The molecule has 2 unspecified atom stereocenters. The fourth-order valence-corrected chi connectivity index (χ4v) is 3.83. The third kappa shape index (κ3) is 7.16. The van der Waals surface area contributed by atoms with Crippen LogP contribution in [-0.2, 0) is 15.7 Å². The predicted octanol–water partition coefficient (Wildman–Crippen LogP) is 3.22. The van der Waals surface area contributed by atoms with Crippen molar-refractivity contribution in [3.05, 3.63) is 35.3 Å². The Hall–Kier alpha value is -1.48. The van der Waals surface area contributed by atoms with Gasteiger partial charge in [0, 0.05) is 20.1 Å². The standard InChI is InChI=1S/C20H35N3O4S/c1-7-18(28(26)22(6)25)17(20(4,5)8-2)11-10-13-23(9-3)14-12-16-15-21-19(24)27-16/h7,10-11,16,25H,1,8-9,12-15H2,2-6H3,(H,21,24)/b11-10+,18-17-. The molecule has 0 aliphatic carbocycles. The van der Waals surface area contributed by atoms with E-state index in [4.69, 9.17) is 4.74 Å². The minimum atomic E-state index is -1.68. The summed E-state index contributed by atoms with van der Waals surface area (Å²) in [5, 5.41) is 12.3. The van der Waals surface area contributed by atoms with Crippen molar-refractivity contribution in [3.8, 4) is 0 Å². The molecule has 0 spiro atoms. The molecule has 160 valence electrons. The topological polar surface area (TPSA) is 82.1 Å². The van der Waals surface area contributed by atoms with Crippen LogP contribution in [0.5, 0.6) is 0 Å². The molecule has 28 heavy (non-hydrogen) atoms. The van der Waals surface area contributed by atoms with Crippen molar-refractivity contribution in [2.75, 3.05) is 33.2 Å². The van der Waals surface area contributed by atoms with Crippen molar-refractivity contribution in [2.45, 2.75) is 46.6 Å². The van der Waals surface area contributed by atoms with Crippen LogP contribution in [-0.4, -0.2) is 64.2 Å². The van der Waals surface area contributed by atoms with Crippen LogP contribution in [0.25, 0.3) is 0 Å². The number of likely N-dealkylation sites (N-methyl/N-ethyl adjacent to an activating group) is 1. The lowest BCUT2D eigenvalue weighted by Crippen LogP contribution is -2.28. The van der Waals surface area contributed by atoms with Crippen LogP contribution in [0, 0.1) is 5.41 Å².